The third-order valence-electron chi connectivity index (χ3n) is 5.50. The molecule has 2 saturated heterocycles. The summed E-state index contributed by atoms with van der Waals surface area (Å²) < 4.78 is 5.78. The molecule has 0 aromatic heterocycles. The van der Waals surface area contributed by atoms with Gasteiger partial charge in [0.05, 0.1) is 6.61 Å². The molecule has 0 amide bonds. The Hall–Kier alpha value is -0.120. The zero-order valence-corrected chi connectivity index (χ0v) is 14.8. The van der Waals surface area contributed by atoms with Crippen LogP contribution in [0.25, 0.3) is 0 Å². The maximum absolute atomic E-state index is 5.78. The first kappa shape index (κ1) is 17.2. The van der Waals surface area contributed by atoms with E-state index in [-0.39, 0.29) is 0 Å². The van der Waals surface area contributed by atoms with E-state index in [9.17, 15) is 0 Å². The van der Waals surface area contributed by atoms with Crippen molar-refractivity contribution in [3.8, 4) is 0 Å². The molecule has 2 aliphatic rings. The highest BCUT2D eigenvalue weighted by atomic mass is 16.5. The molecule has 4 atom stereocenters. The summed E-state index contributed by atoms with van der Waals surface area (Å²) in [5.41, 5.74) is 0.333. The van der Waals surface area contributed by atoms with Crippen molar-refractivity contribution in [2.24, 2.45) is 23.2 Å². The Morgan fingerprint density at radius 1 is 1.29 bits per heavy atom. The van der Waals surface area contributed by atoms with Gasteiger partial charge in [0.1, 0.15) is 0 Å². The number of hydrogen-bond donors (Lipinski definition) is 1. The van der Waals surface area contributed by atoms with Crippen LogP contribution in [-0.2, 0) is 4.74 Å². The van der Waals surface area contributed by atoms with Crippen molar-refractivity contribution < 1.29 is 4.74 Å². The van der Waals surface area contributed by atoms with Crippen LogP contribution in [-0.4, -0.2) is 50.3 Å². The highest BCUT2D eigenvalue weighted by Crippen LogP contribution is 2.34. The van der Waals surface area contributed by atoms with Crippen LogP contribution in [0.5, 0.6) is 0 Å². The molecule has 0 aromatic carbocycles. The second-order valence-corrected chi connectivity index (χ2v) is 8.32. The van der Waals surface area contributed by atoms with Crippen LogP contribution in [0.15, 0.2) is 0 Å². The first-order valence-corrected chi connectivity index (χ1v) is 8.94. The summed E-state index contributed by atoms with van der Waals surface area (Å²) in [5.74, 6) is 2.37. The minimum atomic E-state index is 0.333. The van der Waals surface area contributed by atoms with Crippen LogP contribution in [0.4, 0.5) is 0 Å². The van der Waals surface area contributed by atoms with Crippen molar-refractivity contribution in [2.45, 2.75) is 53.5 Å². The molecule has 3 heteroatoms. The smallest absolute Gasteiger partial charge is 0.0547 e. The van der Waals surface area contributed by atoms with Crippen LogP contribution in [0.1, 0.15) is 47.5 Å². The van der Waals surface area contributed by atoms with Crippen molar-refractivity contribution in [3.63, 3.8) is 0 Å². The molecule has 3 nitrogen and oxygen atoms in total. The molecule has 4 unspecified atom stereocenters. The molecule has 2 heterocycles. The molecule has 0 bridgehead atoms. The van der Waals surface area contributed by atoms with Crippen LogP contribution in [0, 0.1) is 23.2 Å². The van der Waals surface area contributed by atoms with Gasteiger partial charge in [-0.3, -0.25) is 4.90 Å². The zero-order valence-electron chi connectivity index (χ0n) is 14.8. The van der Waals surface area contributed by atoms with Gasteiger partial charge in [0.2, 0.25) is 0 Å². The monoisotopic (exact) mass is 296 g/mol. The SMILES string of the molecule is CC(C)CNCC1(CN2CC(C)CC(C)C2C)CCOC1. The average molecular weight is 296 g/mol. The van der Waals surface area contributed by atoms with E-state index < -0.39 is 0 Å². The van der Waals surface area contributed by atoms with Crippen molar-refractivity contribution in [1.29, 1.82) is 0 Å². The number of hydrogen-bond acceptors (Lipinski definition) is 3. The Morgan fingerprint density at radius 2 is 2.05 bits per heavy atom. The van der Waals surface area contributed by atoms with Crippen LogP contribution in [0.2, 0.25) is 0 Å². The van der Waals surface area contributed by atoms with Gasteiger partial charge in [0, 0.05) is 37.7 Å². The second kappa shape index (κ2) is 7.43. The molecule has 124 valence electrons. The maximum atomic E-state index is 5.78. The number of rotatable bonds is 6. The van der Waals surface area contributed by atoms with E-state index in [1.54, 1.807) is 0 Å². The topological polar surface area (TPSA) is 24.5 Å². The molecular formula is C18H36N2O. The predicted octanol–water partition coefficient (Wildman–Crippen LogP) is 3.01. The molecule has 0 radical (unpaired) electrons. The Bertz CT molecular complexity index is 312. The van der Waals surface area contributed by atoms with Gasteiger partial charge in [0.15, 0.2) is 0 Å². The minimum absolute atomic E-state index is 0.333. The largest absolute Gasteiger partial charge is 0.381 e. The van der Waals surface area contributed by atoms with E-state index in [0.29, 0.717) is 11.5 Å². The lowest BCUT2D eigenvalue weighted by atomic mass is 9.81. The second-order valence-electron chi connectivity index (χ2n) is 8.32. The predicted molar refractivity (Wildman–Crippen MR) is 89.6 cm³/mol. The maximum Gasteiger partial charge on any atom is 0.0547 e. The van der Waals surface area contributed by atoms with Crippen molar-refractivity contribution in [3.05, 3.63) is 0 Å². The zero-order chi connectivity index (χ0) is 15.5. The molecule has 0 spiro atoms. The summed E-state index contributed by atoms with van der Waals surface area (Å²) >= 11 is 0. The van der Waals surface area contributed by atoms with E-state index in [1.807, 2.05) is 0 Å². The molecule has 21 heavy (non-hydrogen) atoms. The lowest BCUT2D eigenvalue weighted by Crippen LogP contribution is -2.53. The first-order chi connectivity index (χ1) is 9.92. The molecule has 2 rings (SSSR count). The highest BCUT2D eigenvalue weighted by Gasteiger charge is 2.39. The molecule has 2 fully saturated rings. The number of piperidine rings is 1. The lowest BCUT2D eigenvalue weighted by molar-refractivity contribution is 0.0297. The molecule has 2 aliphatic heterocycles. The van der Waals surface area contributed by atoms with Crippen molar-refractivity contribution in [2.75, 3.05) is 39.4 Å². The summed E-state index contributed by atoms with van der Waals surface area (Å²) in [6, 6.07) is 0.712. The highest BCUT2D eigenvalue weighted by molar-refractivity contribution is 4.92. The molecular weight excluding hydrogens is 260 g/mol. The number of ether oxygens (including phenoxy) is 1. The van der Waals surface area contributed by atoms with Crippen molar-refractivity contribution in [1.82, 2.24) is 10.2 Å². The Labute approximate surface area is 131 Å². The van der Waals surface area contributed by atoms with Gasteiger partial charge >= 0.3 is 0 Å². The van der Waals surface area contributed by atoms with Gasteiger partial charge in [-0.1, -0.05) is 27.7 Å². The van der Waals surface area contributed by atoms with Crippen LogP contribution >= 0.6 is 0 Å². The van der Waals surface area contributed by atoms with E-state index in [0.717, 1.165) is 44.1 Å². The first-order valence-electron chi connectivity index (χ1n) is 8.94. The van der Waals surface area contributed by atoms with Crippen LogP contribution < -0.4 is 5.32 Å². The third kappa shape index (κ3) is 4.67. The minimum Gasteiger partial charge on any atom is -0.381 e. The van der Waals surface area contributed by atoms with Gasteiger partial charge in [-0.15, -0.1) is 0 Å². The summed E-state index contributed by atoms with van der Waals surface area (Å²) in [4.78, 5) is 2.74. The van der Waals surface area contributed by atoms with Crippen molar-refractivity contribution >= 4 is 0 Å². The van der Waals surface area contributed by atoms with Gasteiger partial charge < -0.3 is 10.1 Å². The number of nitrogens with zero attached hydrogens (tertiary/aromatic N) is 1. The van der Waals surface area contributed by atoms with E-state index in [1.165, 1.54) is 25.9 Å². The number of nitrogens with one attached hydrogen (secondary N) is 1. The standard InChI is InChI=1S/C18H36N2O/c1-14(2)9-19-11-18(6-7-21-13-18)12-20-10-15(3)8-16(4)17(20)5/h14-17,19H,6-13H2,1-5H3. The molecule has 0 aliphatic carbocycles. The van der Waals surface area contributed by atoms with Gasteiger partial charge in [-0.2, -0.15) is 0 Å². The fourth-order valence-electron chi connectivity index (χ4n) is 4.07. The quantitative estimate of drug-likeness (QED) is 0.815. The summed E-state index contributed by atoms with van der Waals surface area (Å²) in [6.45, 7) is 18.4. The summed E-state index contributed by atoms with van der Waals surface area (Å²) in [6.07, 6.45) is 2.59. The number of likely N-dealkylation sites (tertiary alicyclic amines) is 1. The Balaban J connectivity index is 1.95. The molecule has 1 N–H and O–H groups in total. The fourth-order valence-corrected chi connectivity index (χ4v) is 4.07. The van der Waals surface area contributed by atoms with Gasteiger partial charge in [-0.05, 0) is 44.1 Å². The Kier molecular flexibility index (Phi) is 6.10. The fraction of sp³-hybridized carbons (Fsp3) is 1.00. The van der Waals surface area contributed by atoms with E-state index >= 15 is 0 Å². The Morgan fingerprint density at radius 3 is 2.67 bits per heavy atom. The van der Waals surface area contributed by atoms with E-state index in [4.69, 9.17) is 4.74 Å². The van der Waals surface area contributed by atoms with Gasteiger partial charge in [-0.25, -0.2) is 0 Å². The molecule has 0 aromatic rings. The normalized spacial score (nSPS) is 38.3. The summed E-state index contributed by atoms with van der Waals surface area (Å²) in [7, 11) is 0. The third-order valence-corrected chi connectivity index (χ3v) is 5.50. The van der Waals surface area contributed by atoms with Crippen LogP contribution in [0.3, 0.4) is 0 Å². The van der Waals surface area contributed by atoms with E-state index in [2.05, 4.69) is 44.8 Å². The molecule has 0 saturated carbocycles. The lowest BCUT2D eigenvalue weighted by Gasteiger charge is -2.45. The summed E-state index contributed by atoms with van der Waals surface area (Å²) in [5, 5.41) is 3.69. The average Bonchev–Trinajstić information content (AvgIpc) is 2.83. The van der Waals surface area contributed by atoms with Gasteiger partial charge in [0.25, 0.3) is 0 Å².